The van der Waals surface area contributed by atoms with Crippen molar-refractivity contribution in [2.75, 3.05) is 5.32 Å². The van der Waals surface area contributed by atoms with Crippen LogP contribution in [-0.4, -0.2) is 10.1 Å². The molecular formula is C21H22N2O. The Morgan fingerprint density at radius 3 is 2.25 bits per heavy atom. The number of pyridine rings is 1. The minimum atomic E-state index is 0.201. The summed E-state index contributed by atoms with van der Waals surface area (Å²) in [5.41, 5.74) is 6.06. The molecule has 1 unspecified atom stereocenters. The van der Waals surface area contributed by atoms with E-state index in [1.807, 2.05) is 56.6 Å². The molecule has 3 rings (SSSR count). The highest BCUT2D eigenvalue weighted by atomic mass is 16.3. The normalized spacial score (nSPS) is 12.0. The first-order valence-electron chi connectivity index (χ1n) is 8.11. The third kappa shape index (κ3) is 3.40. The van der Waals surface area contributed by atoms with E-state index in [-0.39, 0.29) is 6.04 Å². The van der Waals surface area contributed by atoms with Crippen LogP contribution >= 0.6 is 0 Å². The molecule has 0 spiro atoms. The van der Waals surface area contributed by atoms with Gasteiger partial charge in [-0.2, -0.15) is 0 Å². The van der Waals surface area contributed by atoms with Gasteiger partial charge in [0.05, 0.1) is 5.69 Å². The maximum atomic E-state index is 9.95. The van der Waals surface area contributed by atoms with E-state index in [0.717, 1.165) is 27.9 Å². The summed E-state index contributed by atoms with van der Waals surface area (Å²) in [5.74, 6) is 0.360. The zero-order chi connectivity index (χ0) is 17.1. The molecule has 0 bridgehead atoms. The average molecular weight is 318 g/mol. The summed E-state index contributed by atoms with van der Waals surface area (Å²) >= 11 is 0. The van der Waals surface area contributed by atoms with Gasteiger partial charge < -0.3 is 10.4 Å². The van der Waals surface area contributed by atoms with E-state index in [4.69, 9.17) is 0 Å². The van der Waals surface area contributed by atoms with Crippen molar-refractivity contribution in [2.45, 2.75) is 26.8 Å². The Kier molecular flexibility index (Phi) is 4.52. The van der Waals surface area contributed by atoms with E-state index in [1.165, 1.54) is 5.56 Å². The Hall–Kier alpha value is -2.81. The first-order valence-corrected chi connectivity index (χ1v) is 8.11. The van der Waals surface area contributed by atoms with Crippen molar-refractivity contribution in [3.8, 4) is 16.9 Å². The van der Waals surface area contributed by atoms with E-state index in [9.17, 15) is 5.11 Å². The molecule has 0 radical (unpaired) electrons. The van der Waals surface area contributed by atoms with E-state index < -0.39 is 0 Å². The summed E-state index contributed by atoms with van der Waals surface area (Å²) in [6.07, 6.45) is 3.69. The fourth-order valence-corrected chi connectivity index (χ4v) is 2.87. The smallest absolute Gasteiger partial charge is 0.121 e. The maximum absolute atomic E-state index is 9.95. The largest absolute Gasteiger partial charge is 0.507 e. The number of aryl methyl sites for hydroxylation is 2. The lowest BCUT2D eigenvalue weighted by Gasteiger charge is -2.16. The molecule has 0 saturated heterocycles. The third-order valence-electron chi connectivity index (χ3n) is 4.25. The Balaban J connectivity index is 1.87. The Morgan fingerprint density at radius 1 is 0.917 bits per heavy atom. The first kappa shape index (κ1) is 16.1. The monoisotopic (exact) mass is 318 g/mol. The topological polar surface area (TPSA) is 45.2 Å². The number of benzene rings is 2. The van der Waals surface area contributed by atoms with Gasteiger partial charge >= 0.3 is 0 Å². The van der Waals surface area contributed by atoms with Crippen LogP contribution in [0.4, 0.5) is 5.69 Å². The van der Waals surface area contributed by atoms with Crippen molar-refractivity contribution in [3.05, 3.63) is 77.6 Å². The SMILES string of the molecule is Cc1cc(-c2cncc(NC(C)c3ccccc3)c2)cc(C)c1O. The number of aromatic nitrogens is 1. The summed E-state index contributed by atoms with van der Waals surface area (Å²) in [5, 5.41) is 13.4. The fourth-order valence-electron chi connectivity index (χ4n) is 2.87. The molecule has 3 nitrogen and oxygen atoms in total. The van der Waals surface area contributed by atoms with E-state index in [2.05, 4.69) is 35.4 Å². The lowest BCUT2D eigenvalue weighted by Crippen LogP contribution is -2.06. The van der Waals surface area contributed by atoms with Crippen LogP contribution in [-0.2, 0) is 0 Å². The molecule has 122 valence electrons. The van der Waals surface area contributed by atoms with Gasteiger partial charge in [-0.05, 0) is 61.2 Å². The molecule has 3 heteroatoms. The summed E-state index contributed by atoms with van der Waals surface area (Å²) in [6.45, 7) is 5.97. The van der Waals surface area contributed by atoms with Gasteiger partial charge in [-0.1, -0.05) is 30.3 Å². The second kappa shape index (κ2) is 6.75. The van der Waals surface area contributed by atoms with E-state index in [0.29, 0.717) is 5.75 Å². The molecule has 0 aliphatic heterocycles. The molecule has 2 N–H and O–H groups in total. The van der Waals surface area contributed by atoms with Crippen molar-refractivity contribution >= 4 is 5.69 Å². The highest BCUT2D eigenvalue weighted by molar-refractivity contribution is 5.69. The van der Waals surface area contributed by atoms with Crippen LogP contribution in [0, 0.1) is 13.8 Å². The van der Waals surface area contributed by atoms with Gasteiger partial charge in [0.2, 0.25) is 0 Å². The predicted molar refractivity (Wildman–Crippen MR) is 99.3 cm³/mol. The molecule has 24 heavy (non-hydrogen) atoms. The predicted octanol–water partition coefficient (Wildman–Crippen LogP) is 5.24. The molecule has 0 aliphatic carbocycles. The van der Waals surface area contributed by atoms with Gasteiger partial charge in [0.25, 0.3) is 0 Å². The van der Waals surface area contributed by atoms with Crippen LogP contribution in [0.3, 0.4) is 0 Å². The standard InChI is InChI=1S/C21H22N2O/c1-14-9-18(10-15(2)21(14)24)19-11-20(13-22-12-19)23-16(3)17-7-5-4-6-8-17/h4-13,16,23-24H,1-3H3. The van der Waals surface area contributed by atoms with Crippen LogP contribution < -0.4 is 5.32 Å². The van der Waals surface area contributed by atoms with Crippen LogP contribution in [0.15, 0.2) is 60.9 Å². The summed E-state index contributed by atoms with van der Waals surface area (Å²) in [6, 6.07) is 16.6. The Labute approximate surface area is 143 Å². The minimum absolute atomic E-state index is 0.201. The van der Waals surface area contributed by atoms with Crippen molar-refractivity contribution in [2.24, 2.45) is 0 Å². The van der Waals surface area contributed by atoms with Gasteiger partial charge in [-0.15, -0.1) is 0 Å². The summed E-state index contributed by atoms with van der Waals surface area (Å²) < 4.78 is 0. The molecule has 0 amide bonds. The minimum Gasteiger partial charge on any atom is -0.507 e. The average Bonchev–Trinajstić information content (AvgIpc) is 2.60. The number of nitrogens with zero attached hydrogens (tertiary/aromatic N) is 1. The van der Waals surface area contributed by atoms with Gasteiger partial charge in [-0.25, -0.2) is 0 Å². The lowest BCUT2D eigenvalue weighted by atomic mass is 10.0. The van der Waals surface area contributed by atoms with Crippen molar-refractivity contribution < 1.29 is 5.11 Å². The van der Waals surface area contributed by atoms with Gasteiger partial charge in [-0.3, -0.25) is 4.98 Å². The van der Waals surface area contributed by atoms with Crippen LogP contribution in [0.25, 0.3) is 11.1 Å². The molecule has 1 heterocycles. The number of hydrogen-bond acceptors (Lipinski definition) is 3. The van der Waals surface area contributed by atoms with Crippen LogP contribution in [0.5, 0.6) is 5.75 Å². The molecular weight excluding hydrogens is 296 g/mol. The first-order chi connectivity index (χ1) is 11.5. The van der Waals surface area contributed by atoms with Gasteiger partial charge in [0.15, 0.2) is 0 Å². The van der Waals surface area contributed by atoms with Gasteiger partial charge in [0.1, 0.15) is 5.75 Å². The summed E-state index contributed by atoms with van der Waals surface area (Å²) in [4.78, 5) is 4.36. The van der Waals surface area contributed by atoms with Crippen LogP contribution in [0.2, 0.25) is 0 Å². The number of aromatic hydroxyl groups is 1. The number of rotatable bonds is 4. The summed E-state index contributed by atoms with van der Waals surface area (Å²) in [7, 11) is 0. The molecule has 1 aromatic heterocycles. The number of hydrogen-bond donors (Lipinski definition) is 2. The lowest BCUT2D eigenvalue weighted by molar-refractivity contribution is 0.467. The second-order valence-electron chi connectivity index (χ2n) is 6.20. The maximum Gasteiger partial charge on any atom is 0.121 e. The molecule has 0 aliphatic rings. The molecule has 3 aromatic rings. The highest BCUT2D eigenvalue weighted by Gasteiger charge is 2.08. The van der Waals surface area contributed by atoms with E-state index in [1.54, 1.807) is 0 Å². The zero-order valence-electron chi connectivity index (χ0n) is 14.2. The number of nitrogens with one attached hydrogen (secondary N) is 1. The van der Waals surface area contributed by atoms with E-state index >= 15 is 0 Å². The number of phenolic OH excluding ortho intramolecular Hbond substituents is 1. The second-order valence-corrected chi connectivity index (χ2v) is 6.20. The molecule has 1 atom stereocenters. The fraction of sp³-hybridized carbons (Fsp3) is 0.190. The molecule has 0 fully saturated rings. The highest BCUT2D eigenvalue weighted by Crippen LogP contribution is 2.30. The van der Waals surface area contributed by atoms with Crippen molar-refractivity contribution in [3.63, 3.8) is 0 Å². The Morgan fingerprint density at radius 2 is 1.58 bits per heavy atom. The zero-order valence-corrected chi connectivity index (χ0v) is 14.2. The van der Waals surface area contributed by atoms with Gasteiger partial charge in [0, 0.05) is 24.0 Å². The van der Waals surface area contributed by atoms with Crippen molar-refractivity contribution in [1.82, 2.24) is 4.98 Å². The number of anilines is 1. The van der Waals surface area contributed by atoms with Crippen molar-refractivity contribution in [1.29, 1.82) is 0 Å². The number of phenols is 1. The third-order valence-corrected chi connectivity index (χ3v) is 4.25. The Bertz CT molecular complexity index is 820. The molecule has 0 saturated carbocycles. The quantitative estimate of drug-likeness (QED) is 0.691. The van der Waals surface area contributed by atoms with Crippen LogP contribution in [0.1, 0.15) is 29.7 Å². The molecule has 2 aromatic carbocycles.